The average Bonchev–Trinajstić information content (AvgIpc) is 3.15. The predicted octanol–water partition coefficient (Wildman–Crippen LogP) is 3.03. The Morgan fingerprint density at radius 2 is 1.62 bits per heavy atom. The minimum absolute atomic E-state index is 0.118. The summed E-state index contributed by atoms with van der Waals surface area (Å²) in [5, 5.41) is 11.5. The summed E-state index contributed by atoms with van der Waals surface area (Å²) < 4.78 is 0. The molecule has 0 saturated carbocycles. The Morgan fingerprint density at radius 1 is 1.08 bits per heavy atom. The van der Waals surface area contributed by atoms with Crippen molar-refractivity contribution in [1.82, 2.24) is 9.80 Å². The van der Waals surface area contributed by atoms with E-state index in [-0.39, 0.29) is 27.7 Å². The van der Waals surface area contributed by atoms with Gasteiger partial charge in [-0.25, -0.2) is 0 Å². The van der Waals surface area contributed by atoms with Gasteiger partial charge in [0.25, 0.3) is 5.69 Å². The van der Waals surface area contributed by atoms with Gasteiger partial charge in [0.15, 0.2) is 0 Å². The molecule has 2 aliphatic rings. The summed E-state index contributed by atoms with van der Waals surface area (Å²) in [6.07, 6.45) is 2.17. The third-order valence-corrected chi connectivity index (χ3v) is 5.74. The maximum Gasteiger partial charge on any atom is 0.272 e. The Kier molecular flexibility index (Phi) is 5.89. The van der Waals surface area contributed by atoms with Gasteiger partial charge in [-0.1, -0.05) is 23.2 Å². The largest absolute Gasteiger partial charge is 0.367 e. The van der Waals surface area contributed by atoms with E-state index in [0.717, 1.165) is 25.9 Å². The number of benzene rings is 1. The zero-order valence-corrected chi connectivity index (χ0v) is 16.2. The SMILES string of the molecule is CC(C(=O)N1CCCC1)N1CCN(c2c(Cl)cc([N+](=O)[O-])cc2Cl)CC1. The molecule has 2 fully saturated rings. The number of carbonyl (C=O) groups excluding carboxylic acids is 1. The molecule has 0 N–H and O–H groups in total. The summed E-state index contributed by atoms with van der Waals surface area (Å²) in [5.41, 5.74) is 0.504. The molecule has 9 heteroatoms. The molecular formula is C17H22Cl2N4O3. The average molecular weight is 401 g/mol. The number of likely N-dealkylation sites (tertiary alicyclic amines) is 1. The van der Waals surface area contributed by atoms with Crippen LogP contribution in [0, 0.1) is 10.1 Å². The van der Waals surface area contributed by atoms with Crippen LogP contribution in [0.15, 0.2) is 12.1 Å². The fourth-order valence-electron chi connectivity index (χ4n) is 3.65. The van der Waals surface area contributed by atoms with Crippen molar-refractivity contribution in [3.63, 3.8) is 0 Å². The molecule has 26 heavy (non-hydrogen) atoms. The normalized spacial score (nSPS) is 19.7. The predicted molar refractivity (Wildman–Crippen MR) is 102 cm³/mol. The molecule has 1 aromatic carbocycles. The van der Waals surface area contributed by atoms with Crippen LogP contribution in [-0.2, 0) is 4.79 Å². The molecule has 1 aromatic rings. The van der Waals surface area contributed by atoms with E-state index in [4.69, 9.17) is 23.2 Å². The van der Waals surface area contributed by atoms with Crippen LogP contribution in [0.2, 0.25) is 10.0 Å². The van der Waals surface area contributed by atoms with Crippen molar-refractivity contribution in [2.45, 2.75) is 25.8 Å². The van der Waals surface area contributed by atoms with E-state index in [0.29, 0.717) is 31.9 Å². The van der Waals surface area contributed by atoms with Gasteiger partial charge < -0.3 is 9.80 Å². The lowest BCUT2D eigenvalue weighted by atomic mass is 10.2. The molecule has 142 valence electrons. The number of amides is 1. The number of rotatable bonds is 4. The van der Waals surface area contributed by atoms with Crippen molar-refractivity contribution < 1.29 is 9.72 Å². The van der Waals surface area contributed by atoms with Crippen LogP contribution in [0.4, 0.5) is 11.4 Å². The number of nitro benzene ring substituents is 1. The maximum atomic E-state index is 12.6. The minimum atomic E-state index is -0.509. The topological polar surface area (TPSA) is 69.9 Å². The van der Waals surface area contributed by atoms with Gasteiger partial charge in [0.05, 0.1) is 26.7 Å². The van der Waals surface area contributed by atoms with Crippen LogP contribution in [-0.4, -0.2) is 65.9 Å². The number of non-ortho nitro benzene ring substituents is 1. The van der Waals surface area contributed by atoms with Crippen LogP contribution >= 0.6 is 23.2 Å². The first-order valence-corrected chi connectivity index (χ1v) is 9.55. The molecule has 1 unspecified atom stereocenters. The summed E-state index contributed by atoms with van der Waals surface area (Å²) in [6, 6.07) is 2.52. The Hall–Kier alpha value is -1.57. The van der Waals surface area contributed by atoms with E-state index < -0.39 is 4.92 Å². The molecule has 2 saturated heterocycles. The zero-order chi connectivity index (χ0) is 18.8. The number of halogens is 2. The molecular weight excluding hydrogens is 379 g/mol. The van der Waals surface area contributed by atoms with E-state index in [1.807, 2.05) is 16.7 Å². The number of nitro groups is 1. The lowest BCUT2D eigenvalue weighted by molar-refractivity contribution is -0.384. The number of anilines is 1. The van der Waals surface area contributed by atoms with Gasteiger partial charge in [-0.15, -0.1) is 0 Å². The first kappa shape index (κ1) is 19.2. The molecule has 3 rings (SSSR count). The maximum absolute atomic E-state index is 12.6. The lowest BCUT2D eigenvalue weighted by Gasteiger charge is -2.39. The second kappa shape index (κ2) is 7.98. The second-order valence-electron chi connectivity index (χ2n) is 6.75. The third kappa shape index (κ3) is 3.89. The van der Waals surface area contributed by atoms with Crippen molar-refractivity contribution in [3.05, 3.63) is 32.3 Å². The molecule has 0 bridgehead atoms. The van der Waals surface area contributed by atoms with Gasteiger partial charge in [0.1, 0.15) is 0 Å². The van der Waals surface area contributed by atoms with E-state index in [1.165, 1.54) is 12.1 Å². The Bertz CT molecular complexity index is 678. The van der Waals surface area contributed by atoms with Gasteiger partial charge in [0.2, 0.25) is 5.91 Å². The Balaban J connectivity index is 1.65. The van der Waals surface area contributed by atoms with Crippen molar-refractivity contribution >= 4 is 40.5 Å². The summed E-state index contributed by atoms with van der Waals surface area (Å²) in [4.78, 5) is 29.1. The van der Waals surface area contributed by atoms with Crippen molar-refractivity contribution in [3.8, 4) is 0 Å². The third-order valence-electron chi connectivity index (χ3n) is 5.17. The van der Waals surface area contributed by atoms with E-state index in [2.05, 4.69) is 4.90 Å². The first-order chi connectivity index (χ1) is 12.4. The second-order valence-corrected chi connectivity index (χ2v) is 7.56. The number of piperazine rings is 1. The van der Waals surface area contributed by atoms with Crippen LogP contribution in [0.3, 0.4) is 0 Å². The highest BCUT2D eigenvalue weighted by molar-refractivity contribution is 6.39. The number of nitrogens with zero attached hydrogens (tertiary/aromatic N) is 4. The van der Waals surface area contributed by atoms with Gasteiger partial charge in [-0.2, -0.15) is 0 Å². The molecule has 0 radical (unpaired) electrons. The fraction of sp³-hybridized carbons (Fsp3) is 0.588. The van der Waals surface area contributed by atoms with E-state index in [1.54, 1.807) is 0 Å². The highest BCUT2D eigenvalue weighted by Crippen LogP contribution is 2.38. The molecule has 2 aliphatic heterocycles. The summed E-state index contributed by atoms with van der Waals surface area (Å²) >= 11 is 12.5. The minimum Gasteiger partial charge on any atom is -0.367 e. The monoisotopic (exact) mass is 400 g/mol. The molecule has 0 aromatic heterocycles. The van der Waals surface area contributed by atoms with Gasteiger partial charge >= 0.3 is 0 Å². The van der Waals surface area contributed by atoms with Gasteiger partial charge in [-0.3, -0.25) is 19.8 Å². The number of hydrogen-bond donors (Lipinski definition) is 0. The number of hydrogen-bond acceptors (Lipinski definition) is 5. The van der Waals surface area contributed by atoms with Crippen molar-refractivity contribution in [1.29, 1.82) is 0 Å². The highest BCUT2D eigenvalue weighted by Gasteiger charge is 2.31. The molecule has 0 aliphatic carbocycles. The van der Waals surface area contributed by atoms with Crippen LogP contribution in [0.1, 0.15) is 19.8 Å². The van der Waals surface area contributed by atoms with Crippen molar-refractivity contribution in [2.75, 3.05) is 44.2 Å². The van der Waals surface area contributed by atoms with E-state index in [9.17, 15) is 14.9 Å². The molecule has 1 atom stereocenters. The smallest absolute Gasteiger partial charge is 0.272 e. The summed E-state index contributed by atoms with van der Waals surface area (Å²) in [6.45, 7) is 6.43. The first-order valence-electron chi connectivity index (χ1n) is 8.79. The van der Waals surface area contributed by atoms with E-state index >= 15 is 0 Å². The van der Waals surface area contributed by atoms with Gasteiger partial charge in [0, 0.05) is 51.4 Å². The van der Waals surface area contributed by atoms with Crippen LogP contribution < -0.4 is 4.90 Å². The molecule has 7 nitrogen and oxygen atoms in total. The number of carbonyl (C=O) groups is 1. The molecule has 2 heterocycles. The standard InChI is InChI=1S/C17H22Cl2N4O3/c1-12(17(24)22-4-2-3-5-22)20-6-8-21(9-7-20)16-14(18)10-13(23(25)26)11-15(16)19/h10-12H,2-9H2,1H3. The Morgan fingerprint density at radius 3 is 2.12 bits per heavy atom. The van der Waals surface area contributed by atoms with Crippen molar-refractivity contribution in [2.24, 2.45) is 0 Å². The highest BCUT2D eigenvalue weighted by atomic mass is 35.5. The molecule has 0 spiro atoms. The van der Waals surface area contributed by atoms with Crippen LogP contribution in [0.5, 0.6) is 0 Å². The zero-order valence-electron chi connectivity index (χ0n) is 14.7. The molecule has 1 amide bonds. The summed E-state index contributed by atoms with van der Waals surface area (Å²) in [5.74, 6) is 0.197. The van der Waals surface area contributed by atoms with Crippen LogP contribution in [0.25, 0.3) is 0 Å². The fourth-order valence-corrected chi connectivity index (χ4v) is 4.36. The lowest BCUT2D eigenvalue weighted by Crippen LogP contribution is -2.54. The van der Waals surface area contributed by atoms with Gasteiger partial charge in [-0.05, 0) is 19.8 Å². The summed E-state index contributed by atoms with van der Waals surface area (Å²) in [7, 11) is 0. The Labute approximate surface area is 162 Å². The quantitative estimate of drug-likeness (QED) is 0.573.